The Labute approximate surface area is 133 Å². The van der Waals surface area contributed by atoms with Crippen molar-refractivity contribution in [1.29, 1.82) is 0 Å². The van der Waals surface area contributed by atoms with Gasteiger partial charge in [0.05, 0.1) is 13.1 Å². The minimum absolute atomic E-state index is 0.0586. The summed E-state index contributed by atoms with van der Waals surface area (Å²) in [5.74, 6) is -0.173. The second kappa shape index (κ2) is 8.54. The van der Waals surface area contributed by atoms with E-state index in [1.807, 2.05) is 45.9 Å². The maximum Gasteiger partial charge on any atom is 0.238 e. The van der Waals surface area contributed by atoms with Gasteiger partial charge in [0, 0.05) is 11.7 Å². The zero-order chi connectivity index (χ0) is 16.7. The first-order valence-electron chi connectivity index (χ1n) is 7.67. The summed E-state index contributed by atoms with van der Waals surface area (Å²) in [6, 6.07) is 6.05. The van der Waals surface area contributed by atoms with E-state index in [9.17, 15) is 9.59 Å². The molecule has 1 aromatic carbocycles. The van der Waals surface area contributed by atoms with Gasteiger partial charge in [-0.25, -0.2) is 0 Å². The molecule has 0 aliphatic heterocycles. The first-order chi connectivity index (χ1) is 10.3. The number of carbonyl (C=O) groups excluding carboxylic acids is 2. The summed E-state index contributed by atoms with van der Waals surface area (Å²) in [4.78, 5) is 25.6. The van der Waals surface area contributed by atoms with Crippen LogP contribution in [0.4, 0.5) is 5.69 Å². The third-order valence-electron chi connectivity index (χ3n) is 3.59. The number of hydrogen-bond donors (Lipinski definition) is 2. The molecule has 0 saturated heterocycles. The molecule has 0 heterocycles. The summed E-state index contributed by atoms with van der Waals surface area (Å²) in [6.07, 6.45) is 0.891. The van der Waals surface area contributed by atoms with Gasteiger partial charge in [-0.2, -0.15) is 0 Å². The van der Waals surface area contributed by atoms with Crippen molar-refractivity contribution in [3.63, 3.8) is 0 Å². The van der Waals surface area contributed by atoms with E-state index < -0.39 is 0 Å². The van der Waals surface area contributed by atoms with Gasteiger partial charge in [0.1, 0.15) is 0 Å². The van der Waals surface area contributed by atoms with Gasteiger partial charge >= 0.3 is 0 Å². The molecule has 1 atom stereocenters. The topological polar surface area (TPSA) is 61.4 Å². The number of para-hydroxylation sites is 1. The number of likely N-dealkylation sites (N-methyl/N-ethyl adjacent to an activating group) is 1. The van der Waals surface area contributed by atoms with E-state index in [4.69, 9.17) is 0 Å². The summed E-state index contributed by atoms with van der Waals surface area (Å²) < 4.78 is 0. The lowest BCUT2D eigenvalue weighted by molar-refractivity contribution is -0.123. The average molecular weight is 305 g/mol. The highest BCUT2D eigenvalue weighted by Gasteiger charge is 2.13. The molecule has 5 nitrogen and oxygen atoms in total. The highest BCUT2D eigenvalue weighted by Crippen LogP contribution is 2.19. The number of aryl methyl sites for hydroxylation is 2. The van der Waals surface area contributed by atoms with Gasteiger partial charge in [0.2, 0.25) is 11.8 Å². The second-order valence-corrected chi connectivity index (χ2v) is 5.86. The van der Waals surface area contributed by atoms with E-state index >= 15 is 0 Å². The van der Waals surface area contributed by atoms with Crippen molar-refractivity contribution in [2.75, 3.05) is 25.5 Å². The van der Waals surface area contributed by atoms with Crippen molar-refractivity contribution in [3.05, 3.63) is 29.3 Å². The first kappa shape index (κ1) is 18.2. The van der Waals surface area contributed by atoms with Crippen molar-refractivity contribution < 1.29 is 9.59 Å². The molecule has 0 unspecified atom stereocenters. The quantitative estimate of drug-likeness (QED) is 0.811. The molecule has 5 heteroatoms. The van der Waals surface area contributed by atoms with E-state index in [1.165, 1.54) is 0 Å². The number of hydrogen-bond acceptors (Lipinski definition) is 3. The van der Waals surface area contributed by atoms with Gasteiger partial charge in [-0.1, -0.05) is 25.1 Å². The lowest BCUT2D eigenvalue weighted by Crippen LogP contribution is -2.41. The van der Waals surface area contributed by atoms with Crippen LogP contribution < -0.4 is 10.6 Å². The molecule has 0 aliphatic carbocycles. The number of rotatable bonds is 7. The Morgan fingerprint density at radius 1 is 1.14 bits per heavy atom. The monoisotopic (exact) mass is 305 g/mol. The standard InChI is InChI=1S/C17H27N3O2/c1-6-14(4)18-15(21)10-20(5)11-16(22)19-17-12(2)8-7-9-13(17)3/h7-9,14H,6,10-11H2,1-5H3,(H,18,21)(H,19,22)/t14-/m0/s1. The van der Waals surface area contributed by atoms with E-state index in [-0.39, 0.29) is 30.9 Å². The van der Waals surface area contributed by atoms with Gasteiger partial charge in [0.25, 0.3) is 0 Å². The van der Waals surface area contributed by atoms with E-state index in [1.54, 1.807) is 11.9 Å². The smallest absolute Gasteiger partial charge is 0.238 e. The van der Waals surface area contributed by atoms with Crippen LogP contribution in [0.25, 0.3) is 0 Å². The Kier molecular flexibility index (Phi) is 7.05. The van der Waals surface area contributed by atoms with E-state index in [0.29, 0.717) is 0 Å². The molecule has 0 saturated carbocycles. The lowest BCUT2D eigenvalue weighted by atomic mass is 10.1. The number of benzene rings is 1. The molecule has 0 spiro atoms. The van der Waals surface area contributed by atoms with Gasteiger partial charge in [-0.05, 0) is 45.4 Å². The summed E-state index contributed by atoms with van der Waals surface area (Å²) >= 11 is 0. The zero-order valence-corrected chi connectivity index (χ0v) is 14.2. The highest BCUT2D eigenvalue weighted by atomic mass is 16.2. The lowest BCUT2D eigenvalue weighted by Gasteiger charge is -2.19. The zero-order valence-electron chi connectivity index (χ0n) is 14.2. The van der Waals surface area contributed by atoms with Crippen LogP contribution in [0.15, 0.2) is 18.2 Å². The van der Waals surface area contributed by atoms with Crippen LogP contribution in [0.5, 0.6) is 0 Å². The third kappa shape index (κ3) is 5.85. The Bertz CT molecular complexity index is 508. The Hall–Kier alpha value is -1.88. The van der Waals surface area contributed by atoms with Crippen molar-refractivity contribution >= 4 is 17.5 Å². The van der Waals surface area contributed by atoms with Crippen LogP contribution in [0, 0.1) is 13.8 Å². The first-order valence-corrected chi connectivity index (χ1v) is 7.67. The molecule has 2 amide bonds. The summed E-state index contributed by atoms with van der Waals surface area (Å²) in [5, 5.41) is 5.81. The largest absolute Gasteiger partial charge is 0.353 e. The average Bonchev–Trinajstić information content (AvgIpc) is 2.42. The Morgan fingerprint density at radius 2 is 1.68 bits per heavy atom. The maximum absolute atomic E-state index is 12.1. The number of anilines is 1. The minimum Gasteiger partial charge on any atom is -0.353 e. The van der Waals surface area contributed by atoms with Crippen LogP contribution >= 0.6 is 0 Å². The van der Waals surface area contributed by atoms with E-state index in [0.717, 1.165) is 23.2 Å². The molecule has 122 valence electrons. The van der Waals surface area contributed by atoms with Crippen molar-refractivity contribution in [3.8, 4) is 0 Å². The predicted molar refractivity (Wildman–Crippen MR) is 89.9 cm³/mol. The van der Waals surface area contributed by atoms with Gasteiger partial charge in [0.15, 0.2) is 0 Å². The normalized spacial score (nSPS) is 12.1. The van der Waals surface area contributed by atoms with Crippen LogP contribution in [-0.2, 0) is 9.59 Å². The van der Waals surface area contributed by atoms with Gasteiger partial charge < -0.3 is 10.6 Å². The highest BCUT2D eigenvalue weighted by molar-refractivity contribution is 5.94. The van der Waals surface area contributed by atoms with Crippen LogP contribution in [0.1, 0.15) is 31.4 Å². The van der Waals surface area contributed by atoms with Crippen molar-refractivity contribution in [2.45, 2.75) is 40.2 Å². The number of nitrogens with one attached hydrogen (secondary N) is 2. The van der Waals surface area contributed by atoms with Crippen molar-refractivity contribution in [2.24, 2.45) is 0 Å². The summed E-state index contributed by atoms with van der Waals surface area (Å²) in [5.41, 5.74) is 2.92. The molecule has 0 aliphatic rings. The molecule has 22 heavy (non-hydrogen) atoms. The molecule has 0 aromatic heterocycles. The third-order valence-corrected chi connectivity index (χ3v) is 3.59. The maximum atomic E-state index is 12.1. The number of carbonyl (C=O) groups is 2. The van der Waals surface area contributed by atoms with Crippen LogP contribution in [-0.4, -0.2) is 42.9 Å². The fraction of sp³-hybridized carbons (Fsp3) is 0.529. The molecule has 1 rings (SSSR count). The molecular weight excluding hydrogens is 278 g/mol. The SMILES string of the molecule is CC[C@H](C)NC(=O)CN(C)CC(=O)Nc1c(C)cccc1C. The molecule has 0 fully saturated rings. The fourth-order valence-electron chi connectivity index (χ4n) is 2.16. The number of amides is 2. The van der Waals surface area contributed by atoms with Crippen LogP contribution in [0.3, 0.4) is 0 Å². The van der Waals surface area contributed by atoms with Gasteiger partial charge in [-0.3, -0.25) is 14.5 Å². The van der Waals surface area contributed by atoms with E-state index in [2.05, 4.69) is 10.6 Å². The summed E-state index contributed by atoms with van der Waals surface area (Å²) in [6.45, 7) is 8.31. The molecular formula is C17H27N3O2. The molecule has 1 aromatic rings. The minimum atomic E-state index is -0.115. The fourth-order valence-corrected chi connectivity index (χ4v) is 2.16. The Balaban J connectivity index is 2.49. The molecule has 2 N–H and O–H groups in total. The number of nitrogens with zero attached hydrogens (tertiary/aromatic N) is 1. The van der Waals surface area contributed by atoms with Crippen molar-refractivity contribution in [1.82, 2.24) is 10.2 Å². The predicted octanol–water partition coefficient (Wildman–Crippen LogP) is 2.09. The van der Waals surface area contributed by atoms with Gasteiger partial charge in [-0.15, -0.1) is 0 Å². The molecule has 0 radical (unpaired) electrons. The molecule has 0 bridgehead atoms. The van der Waals surface area contributed by atoms with Crippen LogP contribution in [0.2, 0.25) is 0 Å². The second-order valence-electron chi connectivity index (χ2n) is 5.86. The summed E-state index contributed by atoms with van der Waals surface area (Å²) in [7, 11) is 1.76. The Morgan fingerprint density at radius 3 is 2.23 bits per heavy atom.